The smallest absolute Gasteiger partial charge is 0.416 e. The summed E-state index contributed by atoms with van der Waals surface area (Å²) < 4.78 is 54.6. The fraction of sp³-hybridized carbons (Fsp3) is 0.364. The molecular weight excluding hydrogens is 254 g/mol. The molecule has 18 heavy (non-hydrogen) atoms. The quantitative estimate of drug-likeness (QED) is 0.670. The molecule has 1 rings (SSSR count). The molecule has 0 aliphatic carbocycles. The van der Waals surface area contributed by atoms with Gasteiger partial charge in [0.25, 0.3) is 0 Å². The Morgan fingerprint density at radius 1 is 1.44 bits per heavy atom. The van der Waals surface area contributed by atoms with Gasteiger partial charge in [0.15, 0.2) is 0 Å². The highest BCUT2D eigenvalue weighted by Gasteiger charge is 2.31. The normalized spacial score (nSPS) is 13.2. The van der Waals surface area contributed by atoms with E-state index in [0.717, 1.165) is 19.2 Å². The number of benzene rings is 1. The average molecular weight is 265 g/mol. The van der Waals surface area contributed by atoms with Crippen molar-refractivity contribution in [1.29, 1.82) is 0 Å². The lowest BCUT2D eigenvalue weighted by Crippen LogP contribution is -2.33. The number of nitrogens with two attached hydrogens (primary N) is 1. The summed E-state index contributed by atoms with van der Waals surface area (Å²) >= 11 is 0. The first-order valence-corrected chi connectivity index (χ1v) is 4.94. The molecule has 0 aliphatic rings. The summed E-state index contributed by atoms with van der Waals surface area (Å²) in [5.41, 5.74) is 4.23. The molecular formula is C11H11F4NO2. The number of carbonyl (C=O) groups excluding carboxylic acids is 1. The predicted molar refractivity (Wildman–Crippen MR) is 55.1 cm³/mol. The Hall–Kier alpha value is -1.63. The van der Waals surface area contributed by atoms with Crippen molar-refractivity contribution in [2.75, 3.05) is 7.11 Å². The van der Waals surface area contributed by atoms with Crippen LogP contribution in [-0.4, -0.2) is 19.1 Å². The van der Waals surface area contributed by atoms with Gasteiger partial charge in [-0.05, 0) is 17.7 Å². The number of rotatable bonds is 3. The maximum Gasteiger partial charge on any atom is 0.416 e. The van der Waals surface area contributed by atoms with E-state index in [1.807, 2.05) is 0 Å². The highest BCUT2D eigenvalue weighted by molar-refractivity contribution is 5.75. The van der Waals surface area contributed by atoms with Gasteiger partial charge in [0, 0.05) is 6.42 Å². The lowest BCUT2D eigenvalue weighted by molar-refractivity contribution is -0.142. The van der Waals surface area contributed by atoms with E-state index in [9.17, 15) is 22.4 Å². The molecule has 0 radical (unpaired) electrons. The zero-order chi connectivity index (χ0) is 13.9. The second-order valence-electron chi connectivity index (χ2n) is 3.64. The number of hydrogen-bond acceptors (Lipinski definition) is 3. The average Bonchev–Trinajstić information content (AvgIpc) is 2.29. The fourth-order valence-corrected chi connectivity index (χ4v) is 1.36. The zero-order valence-corrected chi connectivity index (χ0v) is 9.42. The van der Waals surface area contributed by atoms with Crippen LogP contribution in [0.25, 0.3) is 0 Å². The monoisotopic (exact) mass is 265 g/mol. The first-order chi connectivity index (χ1) is 8.25. The van der Waals surface area contributed by atoms with Gasteiger partial charge in [-0.3, -0.25) is 4.79 Å². The Labute approximate surface area is 101 Å². The van der Waals surface area contributed by atoms with Crippen molar-refractivity contribution in [1.82, 2.24) is 0 Å². The molecule has 0 fully saturated rings. The Balaban J connectivity index is 2.90. The maximum absolute atomic E-state index is 13.4. The van der Waals surface area contributed by atoms with E-state index in [0.29, 0.717) is 6.07 Å². The van der Waals surface area contributed by atoms with Gasteiger partial charge >= 0.3 is 12.1 Å². The molecule has 2 N–H and O–H groups in total. The number of methoxy groups -OCH3 is 1. The van der Waals surface area contributed by atoms with Crippen LogP contribution in [0.4, 0.5) is 17.6 Å². The van der Waals surface area contributed by atoms with Gasteiger partial charge in [-0.15, -0.1) is 0 Å². The van der Waals surface area contributed by atoms with Crippen molar-refractivity contribution in [2.45, 2.75) is 18.6 Å². The molecule has 0 spiro atoms. The molecule has 0 heterocycles. The Bertz CT molecular complexity index is 445. The van der Waals surface area contributed by atoms with Crippen LogP contribution in [0.2, 0.25) is 0 Å². The van der Waals surface area contributed by atoms with E-state index >= 15 is 0 Å². The molecule has 100 valence electrons. The summed E-state index contributed by atoms with van der Waals surface area (Å²) in [5, 5.41) is 0. The lowest BCUT2D eigenvalue weighted by atomic mass is 10.0. The largest absolute Gasteiger partial charge is 0.468 e. The van der Waals surface area contributed by atoms with Gasteiger partial charge in [-0.25, -0.2) is 4.39 Å². The summed E-state index contributed by atoms with van der Waals surface area (Å²) in [4.78, 5) is 11.0. The van der Waals surface area contributed by atoms with Crippen LogP contribution in [-0.2, 0) is 22.1 Å². The number of esters is 1. The highest BCUT2D eigenvalue weighted by atomic mass is 19.4. The fourth-order valence-electron chi connectivity index (χ4n) is 1.36. The van der Waals surface area contributed by atoms with E-state index in [1.54, 1.807) is 0 Å². The third-order valence-electron chi connectivity index (χ3n) is 2.32. The molecule has 0 aliphatic heterocycles. The van der Waals surface area contributed by atoms with E-state index in [1.165, 1.54) is 0 Å². The summed E-state index contributed by atoms with van der Waals surface area (Å²) in [7, 11) is 1.12. The second kappa shape index (κ2) is 5.34. The van der Waals surface area contributed by atoms with Crippen molar-refractivity contribution >= 4 is 5.97 Å². The van der Waals surface area contributed by atoms with Crippen LogP contribution < -0.4 is 5.73 Å². The third kappa shape index (κ3) is 3.43. The van der Waals surface area contributed by atoms with Crippen LogP contribution in [0.5, 0.6) is 0 Å². The number of alkyl halides is 3. The van der Waals surface area contributed by atoms with Gasteiger partial charge in [0.05, 0.1) is 12.7 Å². The molecule has 0 saturated carbocycles. The van der Waals surface area contributed by atoms with Gasteiger partial charge in [0.1, 0.15) is 11.9 Å². The molecule has 0 unspecified atom stereocenters. The first kappa shape index (κ1) is 14.4. The molecule has 0 aromatic heterocycles. The Morgan fingerprint density at radius 2 is 2.06 bits per heavy atom. The maximum atomic E-state index is 13.4. The highest BCUT2D eigenvalue weighted by Crippen LogP contribution is 2.30. The minimum atomic E-state index is -4.61. The first-order valence-electron chi connectivity index (χ1n) is 4.94. The van der Waals surface area contributed by atoms with Crippen molar-refractivity contribution in [3.05, 3.63) is 35.1 Å². The molecule has 0 saturated heterocycles. The molecule has 1 atom stereocenters. The van der Waals surface area contributed by atoms with Crippen molar-refractivity contribution in [2.24, 2.45) is 5.73 Å². The van der Waals surface area contributed by atoms with Gasteiger partial charge in [0.2, 0.25) is 0 Å². The Kier molecular flexibility index (Phi) is 4.28. The van der Waals surface area contributed by atoms with Gasteiger partial charge in [-0.2, -0.15) is 13.2 Å². The topological polar surface area (TPSA) is 52.3 Å². The molecule has 1 aromatic carbocycles. The molecule has 3 nitrogen and oxygen atoms in total. The minimum Gasteiger partial charge on any atom is -0.468 e. The second-order valence-corrected chi connectivity index (χ2v) is 3.64. The number of ether oxygens (including phenoxy) is 1. The van der Waals surface area contributed by atoms with Crippen molar-refractivity contribution < 1.29 is 27.1 Å². The number of halogens is 4. The van der Waals surface area contributed by atoms with E-state index in [4.69, 9.17) is 5.73 Å². The Morgan fingerprint density at radius 3 is 2.50 bits per heavy atom. The van der Waals surface area contributed by atoms with E-state index in [-0.39, 0.29) is 12.0 Å². The molecule has 7 heteroatoms. The summed E-state index contributed by atoms with van der Waals surface area (Å²) in [6, 6.07) is 0.962. The van der Waals surface area contributed by atoms with Crippen molar-refractivity contribution in [3.63, 3.8) is 0 Å². The van der Waals surface area contributed by atoms with Crippen LogP contribution in [0.1, 0.15) is 11.1 Å². The van der Waals surface area contributed by atoms with E-state index in [2.05, 4.69) is 4.74 Å². The standard InChI is InChI=1S/C11H11F4NO2/c1-18-10(17)9(16)4-6-2-3-7(5-8(6)12)11(13,14)15/h2-3,5,9H,4,16H2,1H3/t9-/m1/s1. The van der Waals surface area contributed by atoms with Crippen LogP contribution >= 0.6 is 0 Å². The summed E-state index contributed by atoms with van der Waals surface area (Å²) in [6.45, 7) is 0. The van der Waals surface area contributed by atoms with Crippen LogP contribution in [0, 0.1) is 5.82 Å². The van der Waals surface area contributed by atoms with Crippen molar-refractivity contribution in [3.8, 4) is 0 Å². The van der Waals surface area contributed by atoms with Crippen LogP contribution in [0.15, 0.2) is 18.2 Å². The molecule has 1 aromatic rings. The zero-order valence-electron chi connectivity index (χ0n) is 9.42. The van der Waals surface area contributed by atoms with Crippen LogP contribution in [0.3, 0.4) is 0 Å². The van der Waals surface area contributed by atoms with Gasteiger partial charge < -0.3 is 10.5 Å². The lowest BCUT2D eigenvalue weighted by Gasteiger charge is -2.12. The molecule has 0 bridgehead atoms. The number of carbonyl (C=O) groups is 1. The molecule has 0 amide bonds. The van der Waals surface area contributed by atoms with Gasteiger partial charge in [-0.1, -0.05) is 6.07 Å². The SMILES string of the molecule is COC(=O)[C@H](N)Cc1ccc(C(F)(F)F)cc1F. The number of hydrogen-bond donors (Lipinski definition) is 1. The summed E-state index contributed by atoms with van der Waals surface area (Å²) in [6.07, 6.45) is -4.83. The van der Waals surface area contributed by atoms with E-state index < -0.39 is 29.6 Å². The predicted octanol–water partition coefficient (Wildman–Crippen LogP) is 1.89. The minimum absolute atomic E-state index is 0.0686. The third-order valence-corrected chi connectivity index (χ3v) is 2.32. The summed E-state index contributed by atoms with van der Waals surface area (Å²) in [5.74, 6) is -1.81.